The number of nitrogens with two attached hydrogens (primary N) is 1. The van der Waals surface area contributed by atoms with Gasteiger partial charge in [-0.25, -0.2) is 4.39 Å². The van der Waals surface area contributed by atoms with Crippen LogP contribution in [-0.2, 0) is 11.3 Å². The second-order valence-electron chi connectivity index (χ2n) is 5.02. The van der Waals surface area contributed by atoms with Crippen LogP contribution >= 0.6 is 11.8 Å². The fourth-order valence-corrected chi connectivity index (χ4v) is 2.74. The van der Waals surface area contributed by atoms with Gasteiger partial charge in [0.15, 0.2) is 0 Å². The molecule has 2 rings (SSSR count). The first kappa shape index (κ1) is 17.0. The number of rotatable bonds is 6. The summed E-state index contributed by atoms with van der Waals surface area (Å²) in [5, 5.41) is 2.75. The lowest BCUT2D eigenvalue weighted by molar-refractivity contribution is -0.115. The molecule has 0 saturated heterocycles. The van der Waals surface area contributed by atoms with Crippen LogP contribution in [0.15, 0.2) is 47.4 Å². The molecule has 2 amide bonds. The van der Waals surface area contributed by atoms with E-state index in [0.29, 0.717) is 21.6 Å². The molecule has 6 heteroatoms. The van der Waals surface area contributed by atoms with Crippen molar-refractivity contribution in [1.29, 1.82) is 0 Å². The van der Waals surface area contributed by atoms with Gasteiger partial charge in [0.25, 0.3) is 5.91 Å². The molecule has 0 aromatic heterocycles. The zero-order valence-electron chi connectivity index (χ0n) is 12.6. The maximum absolute atomic E-state index is 13.5. The Hall–Kier alpha value is -2.34. The summed E-state index contributed by atoms with van der Waals surface area (Å²) in [6, 6.07) is 11.8. The first-order valence-electron chi connectivity index (χ1n) is 7.00. The Labute approximate surface area is 138 Å². The van der Waals surface area contributed by atoms with Crippen LogP contribution in [-0.4, -0.2) is 17.6 Å². The highest BCUT2D eigenvalue weighted by Crippen LogP contribution is 2.22. The molecule has 0 fully saturated rings. The Morgan fingerprint density at radius 3 is 2.65 bits per heavy atom. The molecule has 3 N–H and O–H groups in total. The lowest BCUT2D eigenvalue weighted by atomic mass is 10.1. The van der Waals surface area contributed by atoms with Crippen molar-refractivity contribution in [1.82, 2.24) is 5.32 Å². The van der Waals surface area contributed by atoms with Gasteiger partial charge in [-0.1, -0.05) is 24.3 Å². The fourth-order valence-electron chi connectivity index (χ4n) is 1.95. The molecule has 0 heterocycles. The predicted octanol–water partition coefficient (Wildman–Crippen LogP) is 2.64. The molecule has 120 valence electrons. The molecule has 2 aromatic rings. The van der Waals surface area contributed by atoms with Crippen LogP contribution in [0.3, 0.4) is 0 Å². The van der Waals surface area contributed by atoms with Crippen LogP contribution in [0.2, 0.25) is 0 Å². The van der Waals surface area contributed by atoms with E-state index in [1.807, 2.05) is 0 Å². The van der Waals surface area contributed by atoms with Gasteiger partial charge < -0.3 is 11.1 Å². The van der Waals surface area contributed by atoms with E-state index in [9.17, 15) is 14.0 Å². The number of aryl methyl sites for hydroxylation is 1. The summed E-state index contributed by atoms with van der Waals surface area (Å²) in [6.07, 6.45) is 0. The van der Waals surface area contributed by atoms with Gasteiger partial charge >= 0.3 is 0 Å². The number of primary amides is 1. The smallest absolute Gasteiger partial charge is 0.252 e. The standard InChI is InChI=1S/C17H17FN2O2S/c1-11-6-7-12(8-14(11)18)9-20-17(22)13-4-2-3-5-15(13)23-10-16(19)21/h2-8H,9-10H2,1H3,(H2,19,21)(H,20,22). The quantitative estimate of drug-likeness (QED) is 0.799. The Kier molecular flexibility index (Phi) is 5.76. The summed E-state index contributed by atoms with van der Waals surface area (Å²) in [6.45, 7) is 1.91. The summed E-state index contributed by atoms with van der Waals surface area (Å²) in [5.41, 5.74) is 6.84. The Morgan fingerprint density at radius 2 is 1.96 bits per heavy atom. The molecule has 0 aliphatic rings. The summed E-state index contributed by atoms with van der Waals surface area (Å²) in [4.78, 5) is 23.9. The number of carbonyl (C=O) groups is 2. The highest BCUT2D eigenvalue weighted by molar-refractivity contribution is 8.00. The van der Waals surface area contributed by atoms with Gasteiger partial charge in [0.2, 0.25) is 5.91 Å². The highest BCUT2D eigenvalue weighted by atomic mass is 32.2. The fraction of sp³-hybridized carbons (Fsp3) is 0.176. The summed E-state index contributed by atoms with van der Waals surface area (Å²) < 4.78 is 13.5. The number of benzene rings is 2. The van der Waals surface area contributed by atoms with Crippen LogP contribution in [0.25, 0.3) is 0 Å². The number of thioether (sulfide) groups is 1. The minimum absolute atomic E-state index is 0.105. The van der Waals surface area contributed by atoms with Crippen LogP contribution in [0.1, 0.15) is 21.5 Å². The molecule has 2 aromatic carbocycles. The Balaban J connectivity index is 2.05. The van der Waals surface area contributed by atoms with Crippen molar-refractivity contribution in [2.45, 2.75) is 18.4 Å². The largest absolute Gasteiger partial charge is 0.369 e. The maximum atomic E-state index is 13.5. The Morgan fingerprint density at radius 1 is 1.22 bits per heavy atom. The monoisotopic (exact) mass is 332 g/mol. The average Bonchev–Trinajstić information content (AvgIpc) is 2.54. The third-order valence-corrected chi connectivity index (χ3v) is 4.29. The minimum atomic E-state index is -0.444. The van der Waals surface area contributed by atoms with Gasteiger partial charge in [-0.3, -0.25) is 9.59 Å². The van der Waals surface area contributed by atoms with E-state index >= 15 is 0 Å². The molecule has 0 radical (unpaired) electrons. The molecule has 0 unspecified atom stereocenters. The molecule has 0 spiro atoms. The van der Waals surface area contributed by atoms with Crippen molar-refractivity contribution >= 4 is 23.6 Å². The second-order valence-corrected chi connectivity index (χ2v) is 6.03. The summed E-state index contributed by atoms with van der Waals surface area (Å²) >= 11 is 1.21. The Bertz CT molecular complexity index is 734. The minimum Gasteiger partial charge on any atom is -0.369 e. The van der Waals surface area contributed by atoms with Gasteiger partial charge in [0.05, 0.1) is 11.3 Å². The zero-order valence-corrected chi connectivity index (χ0v) is 13.5. The number of hydrogen-bond acceptors (Lipinski definition) is 3. The van der Waals surface area contributed by atoms with E-state index in [2.05, 4.69) is 5.32 Å². The molecule has 0 atom stereocenters. The molecular formula is C17H17FN2O2S. The molecule has 0 bridgehead atoms. The third kappa shape index (κ3) is 4.82. The average molecular weight is 332 g/mol. The number of carbonyl (C=O) groups excluding carboxylic acids is 2. The number of hydrogen-bond donors (Lipinski definition) is 2. The van der Waals surface area contributed by atoms with Crippen LogP contribution in [0.4, 0.5) is 4.39 Å². The van der Waals surface area contributed by atoms with Gasteiger partial charge in [-0.05, 0) is 36.2 Å². The predicted molar refractivity (Wildman–Crippen MR) is 88.7 cm³/mol. The molecule has 0 aliphatic heterocycles. The maximum Gasteiger partial charge on any atom is 0.252 e. The zero-order chi connectivity index (χ0) is 16.8. The van der Waals surface area contributed by atoms with E-state index in [1.54, 1.807) is 43.3 Å². The number of halogens is 1. The van der Waals surface area contributed by atoms with Crippen molar-refractivity contribution in [2.24, 2.45) is 5.73 Å². The molecule has 23 heavy (non-hydrogen) atoms. The van der Waals surface area contributed by atoms with Crippen LogP contribution < -0.4 is 11.1 Å². The van der Waals surface area contributed by atoms with E-state index in [4.69, 9.17) is 5.73 Å². The van der Waals surface area contributed by atoms with Crippen molar-refractivity contribution in [2.75, 3.05) is 5.75 Å². The summed E-state index contributed by atoms with van der Waals surface area (Å²) in [7, 11) is 0. The SMILES string of the molecule is Cc1ccc(CNC(=O)c2ccccc2SCC(N)=O)cc1F. The van der Waals surface area contributed by atoms with E-state index in [1.165, 1.54) is 17.8 Å². The van der Waals surface area contributed by atoms with Gasteiger partial charge in [-0.15, -0.1) is 11.8 Å². The molecule has 0 aliphatic carbocycles. The van der Waals surface area contributed by atoms with E-state index < -0.39 is 5.91 Å². The normalized spacial score (nSPS) is 10.3. The third-order valence-electron chi connectivity index (χ3n) is 3.19. The van der Waals surface area contributed by atoms with Gasteiger partial charge in [0.1, 0.15) is 5.82 Å². The topological polar surface area (TPSA) is 72.2 Å². The van der Waals surface area contributed by atoms with Gasteiger partial charge in [-0.2, -0.15) is 0 Å². The lowest BCUT2D eigenvalue weighted by Crippen LogP contribution is -2.23. The summed E-state index contributed by atoms with van der Waals surface area (Å²) in [5.74, 6) is -0.916. The molecular weight excluding hydrogens is 315 g/mol. The lowest BCUT2D eigenvalue weighted by Gasteiger charge is -2.10. The van der Waals surface area contributed by atoms with Crippen LogP contribution in [0, 0.1) is 12.7 Å². The molecule has 4 nitrogen and oxygen atoms in total. The van der Waals surface area contributed by atoms with Crippen molar-refractivity contribution in [3.8, 4) is 0 Å². The number of nitrogens with one attached hydrogen (secondary N) is 1. The highest BCUT2D eigenvalue weighted by Gasteiger charge is 2.12. The van der Waals surface area contributed by atoms with Crippen molar-refractivity contribution in [3.63, 3.8) is 0 Å². The van der Waals surface area contributed by atoms with Gasteiger partial charge in [0, 0.05) is 11.4 Å². The van der Waals surface area contributed by atoms with Crippen molar-refractivity contribution in [3.05, 3.63) is 65.0 Å². The number of amides is 2. The van der Waals surface area contributed by atoms with E-state index in [-0.39, 0.29) is 24.0 Å². The van der Waals surface area contributed by atoms with E-state index in [0.717, 1.165) is 0 Å². The van der Waals surface area contributed by atoms with Crippen LogP contribution in [0.5, 0.6) is 0 Å². The van der Waals surface area contributed by atoms with Crippen molar-refractivity contribution < 1.29 is 14.0 Å². The molecule has 0 saturated carbocycles. The second kappa shape index (κ2) is 7.78. The first-order chi connectivity index (χ1) is 11.0. The first-order valence-corrected chi connectivity index (χ1v) is 7.99.